The molecular formula is C14H10BF3O4. The SMILES string of the molecule is O=C(Oc1ccc(C(F)(F)F)cc1B(O)O)c1ccccc1. The van der Waals surface area contributed by atoms with Crippen molar-refractivity contribution < 1.29 is 32.8 Å². The van der Waals surface area contributed by atoms with Gasteiger partial charge in [0.25, 0.3) is 0 Å². The predicted molar refractivity (Wildman–Crippen MR) is 72.7 cm³/mol. The summed E-state index contributed by atoms with van der Waals surface area (Å²) in [6.07, 6.45) is -4.65. The lowest BCUT2D eigenvalue weighted by molar-refractivity contribution is -0.137. The highest BCUT2D eigenvalue weighted by Crippen LogP contribution is 2.29. The molecule has 0 aliphatic heterocycles. The molecule has 22 heavy (non-hydrogen) atoms. The van der Waals surface area contributed by atoms with Gasteiger partial charge in [0, 0.05) is 5.46 Å². The number of hydrogen-bond acceptors (Lipinski definition) is 4. The van der Waals surface area contributed by atoms with E-state index in [1.165, 1.54) is 12.1 Å². The van der Waals surface area contributed by atoms with E-state index in [9.17, 15) is 28.0 Å². The van der Waals surface area contributed by atoms with Crippen LogP contribution in [0.5, 0.6) is 5.75 Å². The fourth-order valence-corrected chi connectivity index (χ4v) is 1.75. The number of halogens is 3. The molecule has 0 unspecified atom stereocenters. The van der Waals surface area contributed by atoms with Crippen LogP contribution >= 0.6 is 0 Å². The molecule has 0 aliphatic rings. The van der Waals surface area contributed by atoms with Crippen LogP contribution in [0.25, 0.3) is 0 Å². The second-order valence-electron chi connectivity index (χ2n) is 4.38. The summed E-state index contributed by atoms with van der Waals surface area (Å²) in [5.74, 6) is -1.17. The van der Waals surface area contributed by atoms with Gasteiger partial charge >= 0.3 is 19.3 Å². The quantitative estimate of drug-likeness (QED) is 0.513. The van der Waals surface area contributed by atoms with E-state index in [0.29, 0.717) is 12.1 Å². The summed E-state index contributed by atoms with van der Waals surface area (Å²) in [7, 11) is -2.21. The normalized spacial score (nSPS) is 11.1. The predicted octanol–water partition coefficient (Wildman–Crippen LogP) is 1.60. The topological polar surface area (TPSA) is 66.8 Å². The van der Waals surface area contributed by atoms with Gasteiger partial charge in [0.05, 0.1) is 11.1 Å². The molecule has 2 aromatic rings. The molecule has 0 saturated carbocycles. The van der Waals surface area contributed by atoms with Gasteiger partial charge in [-0.05, 0) is 30.3 Å². The Morgan fingerprint density at radius 1 is 1.05 bits per heavy atom. The van der Waals surface area contributed by atoms with Crippen LogP contribution in [-0.4, -0.2) is 23.1 Å². The first-order chi connectivity index (χ1) is 10.3. The molecule has 2 N–H and O–H groups in total. The van der Waals surface area contributed by atoms with Crippen molar-refractivity contribution in [1.29, 1.82) is 0 Å². The third kappa shape index (κ3) is 3.66. The highest BCUT2D eigenvalue weighted by Gasteiger charge is 2.33. The summed E-state index contributed by atoms with van der Waals surface area (Å²) in [5.41, 5.74) is -1.44. The van der Waals surface area contributed by atoms with E-state index in [2.05, 4.69) is 0 Å². The zero-order chi connectivity index (χ0) is 16.3. The van der Waals surface area contributed by atoms with Gasteiger partial charge in [-0.15, -0.1) is 0 Å². The van der Waals surface area contributed by atoms with Crippen LogP contribution in [-0.2, 0) is 6.18 Å². The molecule has 0 aromatic heterocycles. The van der Waals surface area contributed by atoms with Crippen LogP contribution in [0.1, 0.15) is 15.9 Å². The van der Waals surface area contributed by atoms with Crippen molar-refractivity contribution >= 4 is 18.6 Å². The van der Waals surface area contributed by atoms with Gasteiger partial charge in [0.1, 0.15) is 5.75 Å². The lowest BCUT2D eigenvalue weighted by Gasteiger charge is -2.13. The summed E-state index contributed by atoms with van der Waals surface area (Å²) in [4.78, 5) is 11.9. The Morgan fingerprint density at radius 3 is 2.23 bits per heavy atom. The van der Waals surface area contributed by atoms with Crippen LogP contribution in [0.2, 0.25) is 0 Å². The van der Waals surface area contributed by atoms with E-state index in [1.807, 2.05) is 0 Å². The molecule has 0 heterocycles. The minimum atomic E-state index is -4.65. The Hall–Kier alpha value is -2.32. The van der Waals surface area contributed by atoms with Crippen molar-refractivity contribution in [3.63, 3.8) is 0 Å². The number of hydrogen-bond donors (Lipinski definition) is 2. The molecule has 0 amide bonds. The Balaban J connectivity index is 2.33. The van der Waals surface area contributed by atoms with E-state index < -0.39 is 30.3 Å². The summed E-state index contributed by atoms with van der Waals surface area (Å²) < 4.78 is 42.8. The molecule has 0 atom stereocenters. The molecule has 0 aliphatic carbocycles. The van der Waals surface area contributed by atoms with Crippen molar-refractivity contribution in [3.8, 4) is 5.75 Å². The van der Waals surface area contributed by atoms with Crippen molar-refractivity contribution in [1.82, 2.24) is 0 Å². The number of esters is 1. The molecule has 2 aromatic carbocycles. The van der Waals surface area contributed by atoms with Gasteiger partial charge in [-0.2, -0.15) is 13.2 Å². The van der Waals surface area contributed by atoms with Gasteiger partial charge in [0.2, 0.25) is 0 Å². The van der Waals surface area contributed by atoms with E-state index in [0.717, 1.165) is 6.07 Å². The van der Waals surface area contributed by atoms with Crippen LogP contribution < -0.4 is 10.2 Å². The van der Waals surface area contributed by atoms with Gasteiger partial charge < -0.3 is 14.8 Å². The molecule has 0 bridgehead atoms. The minimum Gasteiger partial charge on any atom is -0.423 e. The van der Waals surface area contributed by atoms with Crippen molar-refractivity contribution in [2.45, 2.75) is 6.18 Å². The first-order valence-electron chi connectivity index (χ1n) is 6.13. The monoisotopic (exact) mass is 310 g/mol. The van der Waals surface area contributed by atoms with Gasteiger partial charge in [0.15, 0.2) is 0 Å². The van der Waals surface area contributed by atoms with Gasteiger partial charge in [-0.1, -0.05) is 18.2 Å². The van der Waals surface area contributed by atoms with Crippen molar-refractivity contribution in [2.24, 2.45) is 0 Å². The van der Waals surface area contributed by atoms with E-state index in [4.69, 9.17) is 4.74 Å². The van der Waals surface area contributed by atoms with Gasteiger partial charge in [-0.25, -0.2) is 4.79 Å². The standard InChI is InChI=1S/C14H10BF3O4/c16-14(17,18)10-6-7-12(11(8-10)15(20)21)22-13(19)9-4-2-1-3-5-9/h1-8,20-21H. The average Bonchev–Trinajstić information content (AvgIpc) is 2.47. The third-order valence-electron chi connectivity index (χ3n) is 2.83. The number of carbonyl (C=O) groups excluding carboxylic acids is 1. The molecule has 8 heteroatoms. The maximum atomic E-state index is 12.6. The van der Waals surface area contributed by atoms with Crippen LogP contribution in [0.3, 0.4) is 0 Å². The van der Waals surface area contributed by atoms with Crippen molar-refractivity contribution in [2.75, 3.05) is 0 Å². The van der Waals surface area contributed by atoms with Crippen LogP contribution in [0.4, 0.5) is 13.2 Å². The molecule has 0 saturated heterocycles. The fourth-order valence-electron chi connectivity index (χ4n) is 1.75. The Labute approximate surface area is 123 Å². The number of ether oxygens (including phenoxy) is 1. The summed E-state index contributed by atoms with van der Waals surface area (Å²) in [6.45, 7) is 0. The number of benzene rings is 2. The maximum Gasteiger partial charge on any atom is 0.492 e. The van der Waals surface area contributed by atoms with E-state index in [-0.39, 0.29) is 11.3 Å². The van der Waals surface area contributed by atoms with Gasteiger partial charge in [-0.3, -0.25) is 0 Å². The van der Waals surface area contributed by atoms with Crippen molar-refractivity contribution in [3.05, 3.63) is 59.7 Å². The Bertz CT molecular complexity index is 672. The molecule has 4 nitrogen and oxygen atoms in total. The molecular weight excluding hydrogens is 300 g/mol. The molecule has 114 valence electrons. The highest BCUT2D eigenvalue weighted by molar-refractivity contribution is 6.59. The summed E-state index contributed by atoms with van der Waals surface area (Å²) in [5, 5.41) is 18.4. The fraction of sp³-hybridized carbons (Fsp3) is 0.0714. The zero-order valence-corrected chi connectivity index (χ0v) is 11.0. The lowest BCUT2D eigenvalue weighted by Crippen LogP contribution is -2.33. The molecule has 2 rings (SSSR count). The van der Waals surface area contributed by atoms with Crippen LogP contribution in [0, 0.1) is 0 Å². The second-order valence-corrected chi connectivity index (χ2v) is 4.38. The largest absolute Gasteiger partial charge is 0.492 e. The van der Waals surface area contributed by atoms with Crippen LogP contribution in [0.15, 0.2) is 48.5 Å². The maximum absolute atomic E-state index is 12.6. The summed E-state index contributed by atoms with van der Waals surface area (Å²) in [6, 6.07) is 9.87. The smallest absolute Gasteiger partial charge is 0.423 e. The van der Waals surface area contributed by atoms with E-state index in [1.54, 1.807) is 18.2 Å². The molecule has 0 fully saturated rings. The third-order valence-corrected chi connectivity index (χ3v) is 2.83. The first kappa shape index (κ1) is 16.1. The zero-order valence-electron chi connectivity index (χ0n) is 11.0. The Morgan fingerprint density at radius 2 is 1.68 bits per heavy atom. The number of carbonyl (C=O) groups is 1. The lowest BCUT2D eigenvalue weighted by atomic mass is 9.78. The second kappa shape index (κ2) is 6.21. The Kier molecular flexibility index (Phi) is 4.53. The minimum absolute atomic E-state index is 0.181. The average molecular weight is 310 g/mol. The van der Waals surface area contributed by atoms with E-state index >= 15 is 0 Å². The number of rotatable bonds is 3. The number of alkyl halides is 3. The highest BCUT2D eigenvalue weighted by atomic mass is 19.4. The first-order valence-corrected chi connectivity index (χ1v) is 6.13. The molecule has 0 radical (unpaired) electrons. The molecule has 0 spiro atoms. The summed E-state index contributed by atoms with van der Waals surface area (Å²) >= 11 is 0.